The first-order valence-electron chi connectivity index (χ1n) is 5.65. The van der Waals surface area contributed by atoms with E-state index < -0.39 is 0 Å². The van der Waals surface area contributed by atoms with Gasteiger partial charge in [-0.25, -0.2) is 0 Å². The van der Waals surface area contributed by atoms with Crippen molar-refractivity contribution in [3.8, 4) is 11.4 Å². The fourth-order valence-electron chi connectivity index (χ4n) is 1.79. The van der Waals surface area contributed by atoms with Gasteiger partial charge in [0.15, 0.2) is 0 Å². The maximum Gasteiger partial charge on any atom is 0.257 e. The summed E-state index contributed by atoms with van der Waals surface area (Å²) in [5.41, 5.74) is 0.950. The van der Waals surface area contributed by atoms with Crippen molar-refractivity contribution in [2.75, 3.05) is 19.7 Å². The van der Waals surface area contributed by atoms with Crippen LogP contribution in [0.3, 0.4) is 0 Å². The van der Waals surface area contributed by atoms with Gasteiger partial charge >= 0.3 is 0 Å². The molecular formula is C12H13N3O2. The SMILES string of the molecule is c1ccc(-c2noc(C3CNCCO3)n2)cc1. The van der Waals surface area contributed by atoms with Gasteiger partial charge < -0.3 is 14.6 Å². The summed E-state index contributed by atoms with van der Waals surface area (Å²) >= 11 is 0. The molecule has 1 aliphatic heterocycles. The molecule has 1 saturated heterocycles. The van der Waals surface area contributed by atoms with Crippen LogP contribution in [0.5, 0.6) is 0 Å². The van der Waals surface area contributed by atoms with Crippen molar-refractivity contribution in [3.05, 3.63) is 36.2 Å². The summed E-state index contributed by atoms with van der Waals surface area (Å²) in [4.78, 5) is 4.36. The highest BCUT2D eigenvalue weighted by Gasteiger charge is 2.22. The lowest BCUT2D eigenvalue weighted by atomic mass is 10.2. The summed E-state index contributed by atoms with van der Waals surface area (Å²) in [5, 5.41) is 7.20. The quantitative estimate of drug-likeness (QED) is 0.846. The summed E-state index contributed by atoms with van der Waals surface area (Å²) in [6.45, 7) is 2.26. The zero-order chi connectivity index (χ0) is 11.5. The number of morpholine rings is 1. The predicted molar refractivity (Wildman–Crippen MR) is 61.3 cm³/mol. The number of rotatable bonds is 2. The first-order valence-corrected chi connectivity index (χ1v) is 5.65. The van der Waals surface area contributed by atoms with E-state index in [1.807, 2.05) is 30.3 Å². The molecule has 2 aromatic rings. The van der Waals surface area contributed by atoms with Gasteiger partial charge in [0, 0.05) is 18.7 Å². The third-order valence-electron chi connectivity index (χ3n) is 2.68. The van der Waals surface area contributed by atoms with Crippen LogP contribution in [0.25, 0.3) is 11.4 Å². The van der Waals surface area contributed by atoms with Crippen LogP contribution in [0.2, 0.25) is 0 Å². The molecule has 0 spiro atoms. The van der Waals surface area contributed by atoms with Gasteiger partial charge in [0.2, 0.25) is 5.82 Å². The number of nitrogens with zero attached hydrogens (tertiary/aromatic N) is 2. The second-order valence-corrected chi connectivity index (χ2v) is 3.89. The molecule has 0 amide bonds. The zero-order valence-corrected chi connectivity index (χ0v) is 9.30. The minimum absolute atomic E-state index is 0.131. The average molecular weight is 231 g/mol. The first-order chi connectivity index (χ1) is 8.43. The third-order valence-corrected chi connectivity index (χ3v) is 2.68. The normalized spacial score (nSPS) is 20.4. The minimum Gasteiger partial charge on any atom is -0.366 e. The molecule has 1 aromatic carbocycles. The minimum atomic E-state index is -0.131. The van der Waals surface area contributed by atoms with Gasteiger partial charge in [-0.15, -0.1) is 0 Å². The monoisotopic (exact) mass is 231 g/mol. The van der Waals surface area contributed by atoms with Gasteiger partial charge in [0.05, 0.1) is 6.61 Å². The lowest BCUT2D eigenvalue weighted by Crippen LogP contribution is -2.33. The fourth-order valence-corrected chi connectivity index (χ4v) is 1.79. The molecular weight excluding hydrogens is 218 g/mol. The molecule has 17 heavy (non-hydrogen) atoms. The molecule has 0 aliphatic carbocycles. The van der Waals surface area contributed by atoms with E-state index in [-0.39, 0.29) is 6.10 Å². The maximum absolute atomic E-state index is 5.55. The van der Waals surface area contributed by atoms with Crippen molar-refractivity contribution in [2.45, 2.75) is 6.10 Å². The molecule has 1 aromatic heterocycles. The molecule has 0 bridgehead atoms. The third kappa shape index (κ3) is 2.20. The van der Waals surface area contributed by atoms with E-state index in [2.05, 4.69) is 15.5 Å². The largest absolute Gasteiger partial charge is 0.366 e. The molecule has 2 heterocycles. The van der Waals surface area contributed by atoms with Crippen LogP contribution < -0.4 is 5.32 Å². The Morgan fingerprint density at radius 2 is 2.12 bits per heavy atom. The molecule has 0 radical (unpaired) electrons. The Morgan fingerprint density at radius 1 is 1.24 bits per heavy atom. The highest BCUT2D eigenvalue weighted by molar-refractivity contribution is 5.53. The van der Waals surface area contributed by atoms with Crippen molar-refractivity contribution in [1.82, 2.24) is 15.5 Å². The van der Waals surface area contributed by atoms with Gasteiger partial charge in [-0.1, -0.05) is 35.5 Å². The molecule has 1 aliphatic rings. The van der Waals surface area contributed by atoms with Crippen molar-refractivity contribution < 1.29 is 9.26 Å². The molecule has 0 saturated carbocycles. The van der Waals surface area contributed by atoms with E-state index in [4.69, 9.17) is 9.26 Å². The Hall–Kier alpha value is -1.72. The molecule has 88 valence electrons. The highest BCUT2D eigenvalue weighted by Crippen LogP contribution is 2.21. The van der Waals surface area contributed by atoms with Crippen LogP contribution in [-0.4, -0.2) is 29.8 Å². The molecule has 5 heteroatoms. The van der Waals surface area contributed by atoms with Gasteiger partial charge in [-0.3, -0.25) is 0 Å². The van der Waals surface area contributed by atoms with E-state index in [1.54, 1.807) is 0 Å². The van der Waals surface area contributed by atoms with Gasteiger partial charge in [-0.2, -0.15) is 4.98 Å². The smallest absolute Gasteiger partial charge is 0.257 e. The van der Waals surface area contributed by atoms with Crippen LogP contribution in [0.4, 0.5) is 0 Å². The number of hydrogen-bond donors (Lipinski definition) is 1. The number of ether oxygens (including phenoxy) is 1. The van der Waals surface area contributed by atoms with Gasteiger partial charge in [0.25, 0.3) is 5.89 Å². The van der Waals surface area contributed by atoms with Crippen molar-refractivity contribution in [3.63, 3.8) is 0 Å². The Kier molecular flexibility index (Phi) is 2.85. The van der Waals surface area contributed by atoms with Crippen LogP contribution >= 0.6 is 0 Å². The highest BCUT2D eigenvalue weighted by atomic mass is 16.5. The summed E-state index contributed by atoms with van der Waals surface area (Å²) in [7, 11) is 0. The number of nitrogens with one attached hydrogen (secondary N) is 1. The van der Waals surface area contributed by atoms with E-state index in [9.17, 15) is 0 Å². The standard InChI is InChI=1S/C12H13N3O2/c1-2-4-9(5-3-1)11-14-12(17-15-11)10-8-13-6-7-16-10/h1-5,10,13H,6-8H2. The van der Waals surface area contributed by atoms with E-state index in [0.29, 0.717) is 18.3 Å². The topological polar surface area (TPSA) is 60.2 Å². The fraction of sp³-hybridized carbons (Fsp3) is 0.333. The van der Waals surface area contributed by atoms with E-state index in [0.717, 1.165) is 18.7 Å². The summed E-state index contributed by atoms with van der Waals surface area (Å²) < 4.78 is 10.8. The van der Waals surface area contributed by atoms with Crippen LogP contribution in [0.15, 0.2) is 34.9 Å². The average Bonchev–Trinajstić information content (AvgIpc) is 2.90. The van der Waals surface area contributed by atoms with Crippen molar-refractivity contribution >= 4 is 0 Å². The second kappa shape index (κ2) is 4.65. The predicted octanol–water partition coefficient (Wildman–Crippen LogP) is 1.40. The van der Waals surface area contributed by atoms with Crippen LogP contribution in [-0.2, 0) is 4.74 Å². The Morgan fingerprint density at radius 3 is 2.88 bits per heavy atom. The summed E-state index contributed by atoms with van der Waals surface area (Å²) in [6, 6.07) is 9.76. The second-order valence-electron chi connectivity index (χ2n) is 3.89. The molecule has 1 unspecified atom stereocenters. The van der Waals surface area contributed by atoms with Crippen LogP contribution in [0, 0.1) is 0 Å². The molecule has 1 N–H and O–H groups in total. The Labute approximate surface area is 98.8 Å². The molecule has 1 fully saturated rings. The zero-order valence-electron chi connectivity index (χ0n) is 9.30. The van der Waals surface area contributed by atoms with Crippen molar-refractivity contribution in [1.29, 1.82) is 0 Å². The lowest BCUT2D eigenvalue weighted by Gasteiger charge is -2.19. The Balaban J connectivity index is 1.83. The number of hydrogen-bond acceptors (Lipinski definition) is 5. The van der Waals surface area contributed by atoms with Crippen LogP contribution in [0.1, 0.15) is 12.0 Å². The number of aromatic nitrogens is 2. The first kappa shape index (κ1) is 10.4. The van der Waals surface area contributed by atoms with E-state index >= 15 is 0 Å². The summed E-state index contributed by atoms with van der Waals surface area (Å²) in [5.74, 6) is 1.14. The Bertz CT molecular complexity index is 478. The molecule has 5 nitrogen and oxygen atoms in total. The number of benzene rings is 1. The van der Waals surface area contributed by atoms with Gasteiger partial charge in [-0.05, 0) is 0 Å². The van der Waals surface area contributed by atoms with Gasteiger partial charge in [0.1, 0.15) is 6.10 Å². The maximum atomic E-state index is 5.55. The molecule has 1 atom stereocenters. The lowest BCUT2D eigenvalue weighted by molar-refractivity contribution is 0.00755. The summed E-state index contributed by atoms with van der Waals surface area (Å²) in [6.07, 6.45) is -0.131. The van der Waals surface area contributed by atoms with Crippen molar-refractivity contribution in [2.24, 2.45) is 0 Å². The molecule has 3 rings (SSSR count). The van der Waals surface area contributed by atoms with E-state index in [1.165, 1.54) is 0 Å².